The summed E-state index contributed by atoms with van der Waals surface area (Å²) < 4.78 is 6.19. The molecular formula is C42H37N3O. The Morgan fingerprint density at radius 2 is 1.26 bits per heavy atom. The van der Waals surface area contributed by atoms with E-state index in [0.717, 1.165) is 68.3 Å². The fourth-order valence-electron chi connectivity index (χ4n) is 10.2. The molecule has 6 aromatic rings. The second-order valence-corrected chi connectivity index (χ2v) is 15.1. The third kappa shape index (κ3) is 3.82. The van der Waals surface area contributed by atoms with Crippen LogP contribution in [-0.4, -0.2) is 15.0 Å². The van der Waals surface area contributed by atoms with Crippen molar-refractivity contribution < 1.29 is 4.42 Å². The predicted molar refractivity (Wildman–Crippen MR) is 183 cm³/mol. The van der Waals surface area contributed by atoms with Crippen molar-refractivity contribution in [3.8, 4) is 44.8 Å². The van der Waals surface area contributed by atoms with E-state index in [1.54, 1.807) is 6.39 Å². The molecule has 4 heteroatoms. The molecule has 0 atom stereocenters. The molecule has 0 amide bonds. The van der Waals surface area contributed by atoms with Crippen molar-refractivity contribution in [2.75, 3.05) is 0 Å². The summed E-state index contributed by atoms with van der Waals surface area (Å²) in [5, 5.41) is 0. The Kier molecular flexibility index (Phi) is 5.49. The average molecular weight is 600 g/mol. The first-order valence-electron chi connectivity index (χ1n) is 17.0. The Morgan fingerprint density at radius 3 is 2.04 bits per heavy atom. The van der Waals surface area contributed by atoms with Crippen molar-refractivity contribution in [3.05, 3.63) is 114 Å². The van der Waals surface area contributed by atoms with Crippen LogP contribution in [0.2, 0.25) is 0 Å². The van der Waals surface area contributed by atoms with Crippen molar-refractivity contribution in [1.82, 2.24) is 15.0 Å². The normalized spacial score (nSPS) is 25.1. The molecule has 4 nitrogen and oxygen atoms in total. The number of rotatable bonds is 4. The van der Waals surface area contributed by atoms with Crippen LogP contribution in [0.1, 0.15) is 69.3 Å². The maximum Gasteiger partial charge on any atom is 0.182 e. The van der Waals surface area contributed by atoms with Crippen molar-refractivity contribution in [3.63, 3.8) is 0 Å². The molecule has 2 heterocycles. The molecule has 0 radical (unpaired) electrons. The van der Waals surface area contributed by atoms with E-state index >= 15 is 0 Å². The number of nitrogens with zero attached hydrogens (tertiary/aromatic N) is 3. The zero-order valence-electron chi connectivity index (χ0n) is 26.5. The van der Waals surface area contributed by atoms with Gasteiger partial charge in [0, 0.05) is 27.5 Å². The van der Waals surface area contributed by atoms with E-state index in [9.17, 15) is 0 Å². The molecule has 2 aromatic heterocycles. The second-order valence-electron chi connectivity index (χ2n) is 15.1. The number of oxazole rings is 1. The van der Waals surface area contributed by atoms with Crippen LogP contribution in [0, 0.1) is 17.8 Å². The molecule has 4 fully saturated rings. The van der Waals surface area contributed by atoms with E-state index in [2.05, 4.69) is 105 Å². The monoisotopic (exact) mass is 599 g/mol. The van der Waals surface area contributed by atoms with E-state index in [0.29, 0.717) is 0 Å². The minimum Gasteiger partial charge on any atom is -0.443 e. The van der Waals surface area contributed by atoms with Gasteiger partial charge in [-0.05, 0) is 108 Å². The summed E-state index contributed by atoms with van der Waals surface area (Å²) in [5.74, 6) is 3.52. The van der Waals surface area contributed by atoms with Gasteiger partial charge in [0.15, 0.2) is 12.0 Å². The fourth-order valence-corrected chi connectivity index (χ4v) is 10.2. The molecule has 0 spiro atoms. The molecule has 4 aromatic carbocycles. The lowest BCUT2D eigenvalue weighted by Gasteiger charge is -2.56. The van der Waals surface area contributed by atoms with Crippen LogP contribution in [0.25, 0.3) is 55.9 Å². The van der Waals surface area contributed by atoms with Gasteiger partial charge in [-0.1, -0.05) is 80.6 Å². The lowest BCUT2D eigenvalue weighted by Crippen LogP contribution is -2.49. The zero-order chi connectivity index (χ0) is 30.6. The van der Waals surface area contributed by atoms with Crippen LogP contribution in [0.4, 0.5) is 0 Å². The van der Waals surface area contributed by atoms with Crippen molar-refractivity contribution >= 4 is 11.1 Å². The van der Waals surface area contributed by atoms with Crippen LogP contribution in [0.3, 0.4) is 0 Å². The molecule has 0 saturated heterocycles. The van der Waals surface area contributed by atoms with Crippen LogP contribution in [-0.2, 0) is 10.8 Å². The van der Waals surface area contributed by atoms with Gasteiger partial charge in [0.25, 0.3) is 0 Å². The first-order chi connectivity index (χ1) is 22.4. The minimum atomic E-state index is -0.0646. The quantitative estimate of drug-likeness (QED) is 0.202. The lowest BCUT2D eigenvalue weighted by atomic mass is 9.49. The molecule has 4 bridgehead atoms. The summed E-state index contributed by atoms with van der Waals surface area (Å²) in [5.41, 5.74) is 13.4. The summed E-state index contributed by atoms with van der Waals surface area (Å²) >= 11 is 0. The fraction of sp³-hybridized carbons (Fsp3) is 0.310. The van der Waals surface area contributed by atoms with Crippen LogP contribution in [0.15, 0.2) is 102 Å². The van der Waals surface area contributed by atoms with Gasteiger partial charge >= 0.3 is 0 Å². The molecule has 4 saturated carbocycles. The zero-order valence-corrected chi connectivity index (χ0v) is 26.5. The number of hydrogen-bond donors (Lipinski definition) is 0. The topological polar surface area (TPSA) is 51.8 Å². The van der Waals surface area contributed by atoms with E-state index in [-0.39, 0.29) is 10.8 Å². The van der Waals surface area contributed by atoms with Gasteiger partial charge in [0.05, 0.1) is 11.4 Å². The summed E-state index contributed by atoms with van der Waals surface area (Å²) in [6.07, 6.45) is 9.48. The third-order valence-electron chi connectivity index (χ3n) is 12.0. The van der Waals surface area contributed by atoms with E-state index in [4.69, 9.17) is 19.4 Å². The number of benzene rings is 4. The first kappa shape index (κ1) is 26.6. The van der Waals surface area contributed by atoms with Gasteiger partial charge in [0.1, 0.15) is 11.3 Å². The highest BCUT2D eigenvalue weighted by Crippen LogP contribution is 2.60. The molecule has 5 aliphatic carbocycles. The Hall–Kier alpha value is -4.57. The Morgan fingerprint density at radius 1 is 0.609 bits per heavy atom. The highest BCUT2D eigenvalue weighted by molar-refractivity contribution is 5.99. The molecule has 11 rings (SSSR count). The largest absolute Gasteiger partial charge is 0.443 e. The lowest BCUT2D eigenvalue weighted by molar-refractivity contribution is -0.00929. The maximum atomic E-state index is 6.19. The Labute approximate surface area is 270 Å². The van der Waals surface area contributed by atoms with E-state index < -0.39 is 0 Å². The average Bonchev–Trinajstić information content (AvgIpc) is 3.65. The molecule has 0 N–H and O–H groups in total. The van der Waals surface area contributed by atoms with Crippen LogP contribution >= 0.6 is 0 Å². The van der Waals surface area contributed by atoms with Gasteiger partial charge in [-0.25, -0.2) is 15.0 Å². The van der Waals surface area contributed by atoms with Gasteiger partial charge in [0.2, 0.25) is 0 Å². The summed E-state index contributed by atoms with van der Waals surface area (Å²) in [6.45, 7) is 4.66. The van der Waals surface area contributed by atoms with Gasteiger partial charge in [-0.3, -0.25) is 0 Å². The highest BCUT2D eigenvalue weighted by Gasteiger charge is 2.53. The smallest absolute Gasteiger partial charge is 0.182 e. The molecule has 0 unspecified atom stereocenters. The third-order valence-corrected chi connectivity index (χ3v) is 12.0. The Balaban J connectivity index is 1.12. The van der Waals surface area contributed by atoms with Crippen molar-refractivity contribution in [1.29, 1.82) is 0 Å². The molecular weight excluding hydrogens is 562 g/mol. The molecule has 46 heavy (non-hydrogen) atoms. The SMILES string of the molecule is CC1(C)c2ccccc2-c2ccc(-c3ccc(-c4cc(-c5ccccc5)nc(C56CC7CC(CC(C7)C5)C6)n4)c4ncoc34)cc21. The van der Waals surface area contributed by atoms with E-state index in [1.165, 1.54) is 60.8 Å². The van der Waals surface area contributed by atoms with Crippen LogP contribution < -0.4 is 0 Å². The van der Waals surface area contributed by atoms with Crippen LogP contribution in [0.5, 0.6) is 0 Å². The molecule has 0 aliphatic heterocycles. The number of hydrogen-bond acceptors (Lipinski definition) is 4. The van der Waals surface area contributed by atoms with Gasteiger partial charge < -0.3 is 4.42 Å². The second kappa shape index (κ2) is 9.48. The highest BCUT2D eigenvalue weighted by atomic mass is 16.3. The molecule has 5 aliphatic rings. The van der Waals surface area contributed by atoms with Gasteiger partial charge in [-0.15, -0.1) is 0 Å². The summed E-state index contributed by atoms with van der Waals surface area (Å²) in [7, 11) is 0. The summed E-state index contributed by atoms with van der Waals surface area (Å²) in [4.78, 5) is 15.6. The predicted octanol–water partition coefficient (Wildman–Crippen LogP) is 10.4. The number of fused-ring (bicyclic) bond motifs is 4. The number of aromatic nitrogens is 3. The summed E-state index contributed by atoms with van der Waals surface area (Å²) in [6, 6.07) is 32.8. The van der Waals surface area contributed by atoms with Crippen molar-refractivity contribution in [2.45, 2.75) is 63.2 Å². The first-order valence-corrected chi connectivity index (χ1v) is 17.0. The van der Waals surface area contributed by atoms with E-state index in [1.807, 2.05) is 0 Å². The molecule has 226 valence electrons. The minimum absolute atomic E-state index is 0.0646. The van der Waals surface area contributed by atoms with Gasteiger partial charge in [-0.2, -0.15) is 0 Å². The standard InChI is InChI=1S/C42H37N3O/c1-41(2)34-11-7-6-10-31(34)32-13-12-29(19-35(32)41)30-14-15-33(38-39(30)46-24-43-38)37-20-36(28-8-4-3-5-9-28)44-40(45-37)42-21-25-16-26(22-42)18-27(17-25)23-42/h3-15,19-20,24-27H,16-18,21-23H2,1-2H3. The van der Waals surface area contributed by atoms with Crippen molar-refractivity contribution in [2.24, 2.45) is 17.8 Å². The Bertz CT molecular complexity index is 2140. The maximum absolute atomic E-state index is 6.19.